The van der Waals surface area contributed by atoms with Gasteiger partial charge in [0.15, 0.2) is 5.78 Å². The number of para-hydroxylation sites is 1. The highest BCUT2D eigenvalue weighted by molar-refractivity contribution is 7.89. The number of carbonyl (C=O) groups excluding carboxylic acids is 1. The van der Waals surface area contributed by atoms with E-state index < -0.39 is 15.9 Å². The zero-order valence-electron chi connectivity index (χ0n) is 24.5. The topological polar surface area (TPSA) is 107 Å². The Kier molecular flexibility index (Phi) is 6.68. The zero-order chi connectivity index (χ0) is 29.9. The van der Waals surface area contributed by atoms with Gasteiger partial charge in [-0.1, -0.05) is 32.0 Å². The first-order valence-corrected chi connectivity index (χ1v) is 16.0. The van der Waals surface area contributed by atoms with Crippen molar-refractivity contribution in [1.29, 1.82) is 0 Å². The number of allylic oxidation sites excluding steroid dienone is 2. The molecule has 4 heterocycles. The van der Waals surface area contributed by atoms with Gasteiger partial charge in [0.2, 0.25) is 10.0 Å². The molecule has 1 fully saturated rings. The first-order chi connectivity index (χ1) is 20.6. The molecule has 1 unspecified atom stereocenters. The number of carbonyl (C=O) groups is 1. The average molecular weight is 599 g/mol. The van der Waals surface area contributed by atoms with Gasteiger partial charge in [0.05, 0.1) is 35.4 Å². The van der Waals surface area contributed by atoms with Crippen LogP contribution in [0.25, 0.3) is 17.0 Å². The molecule has 0 amide bonds. The molecule has 4 aromatic rings. The number of aryl methyl sites for hydroxylation is 1. The quantitative estimate of drug-likeness (QED) is 0.316. The number of Topliss-reactive ketones (excluding diaryl/α,β-unsaturated/α-hetero) is 1. The number of nitrogens with zero attached hydrogens (tertiary/aromatic N) is 3. The molecule has 0 radical (unpaired) electrons. The third-order valence-electron chi connectivity index (χ3n) is 8.53. The van der Waals surface area contributed by atoms with Crippen molar-refractivity contribution < 1.29 is 22.4 Å². The van der Waals surface area contributed by atoms with E-state index in [0.717, 1.165) is 46.0 Å². The number of furan rings is 1. The second kappa shape index (κ2) is 10.3. The van der Waals surface area contributed by atoms with Gasteiger partial charge < -0.3 is 14.5 Å². The maximum absolute atomic E-state index is 13.7. The number of morpholine rings is 1. The van der Waals surface area contributed by atoms with Crippen LogP contribution in [0, 0.1) is 12.3 Å². The van der Waals surface area contributed by atoms with Crippen molar-refractivity contribution in [2.45, 2.75) is 44.4 Å². The Morgan fingerprint density at radius 1 is 0.953 bits per heavy atom. The fourth-order valence-corrected chi connectivity index (χ4v) is 7.91. The third kappa shape index (κ3) is 4.83. The average Bonchev–Trinajstić information content (AvgIpc) is 3.61. The van der Waals surface area contributed by atoms with Gasteiger partial charge in [-0.25, -0.2) is 13.1 Å². The molecule has 10 heteroatoms. The van der Waals surface area contributed by atoms with Crippen molar-refractivity contribution in [3.05, 3.63) is 95.0 Å². The summed E-state index contributed by atoms with van der Waals surface area (Å²) in [5.41, 5.74) is 4.88. The predicted octanol–water partition coefficient (Wildman–Crippen LogP) is 5.66. The molecule has 0 saturated carbocycles. The molecule has 2 aromatic carbocycles. The summed E-state index contributed by atoms with van der Waals surface area (Å²) in [5.74, 6) is 1.79. The standard InChI is InChI=1S/C33H34N4O5S/c1-21-29-31(28-14-13-27(42-28)22-9-11-24(12-10-22)43(39,40)36-15-17-41-18-16-36)30-25(19-33(2,3)20-26(30)38)34-32(29)37(35-21)23-7-5-4-6-8-23/h4-14,31,34H,15-20H2,1-3H3. The number of ketones is 1. The van der Waals surface area contributed by atoms with Crippen LogP contribution in [-0.2, 0) is 19.6 Å². The summed E-state index contributed by atoms with van der Waals surface area (Å²) in [6, 6.07) is 20.5. The van der Waals surface area contributed by atoms with Crippen molar-refractivity contribution in [3.63, 3.8) is 0 Å². The van der Waals surface area contributed by atoms with Crippen LogP contribution >= 0.6 is 0 Å². The molecule has 2 aliphatic heterocycles. The monoisotopic (exact) mass is 598 g/mol. The molecule has 1 N–H and O–H groups in total. The molecule has 222 valence electrons. The molecule has 0 spiro atoms. The summed E-state index contributed by atoms with van der Waals surface area (Å²) in [6.45, 7) is 7.69. The van der Waals surface area contributed by atoms with Gasteiger partial charge in [0.1, 0.15) is 17.3 Å². The Morgan fingerprint density at radius 2 is 1.67 bits per heavy atom. The van der Waals surface area contributed by atoms with Crippen LogP contribution in [0.3, 0.4) is 0 Å². The molecule has 2 aromatic heterocycles. The highest BCUT2D eigenvalue weighted by atomic mass is 32.2. The Labute approximate surface area is 251 Å². The van der Waals surface area contributed by atoms with Gasteiger partial charge in [-0.05, 0) is 67.3 Å². The minimum absolute atomic E-state index is 0.108. The van der Waals surface area contributed by atoms with E-state index in [2.05, 4.69) is 19.2 Å². The molecule has 1 saturated heterocycles. The second-order valence-corrected chi connectivity index (χ2v) is 14.2. The van der Waals surface area contributed by atoms with Crippen molar-refractivity contribution in [1.82, 2.24) is 14.1 Å². The number of hydrogen-bond acceptors (Lipinski definition) is 7. The number of fused-ring (bicyclic) bond motifs is 1. The van der Waals surface area contributed by atoms with E-state index in [4.69, 9.17) is 14.3 Å². The summed E-state index contributed by atoms with van der Waals surface area (Å²) in [4.78, 5) is 14.0. The number of aromatic nitrogens is 2. The lowest BCUT2D eigenvalue weighted by Gasteiger charge is -2.38. The summed E-state index contributed by atoms with van der Waals surface area (Å²) in [6.07, 6.45) is 1.19. The van der Waals surface area contributed by atoms with Gasteiger partial charge >= 0.3 is 0 Å². The zero-order valence-corrected chi connectivity index (χ0v) is 25.3. The largest absolute Gasteiger partial charge is 0.460 e. The molecule has 3 aliphatic rings. The number of nitrogens with one attached hydrogen (secondary N) is 1. The Balaban J connectivity index is 1.28. The number of hydrogen-bond donors (Lipinski definition) is 1. The Bertz CT molecular complexity index is 1850. The third-order valence-corrected chi connectivity index (χ3v) is 10.4. The molecule has 0 bridgehead atoms. The van der Waals surface area contributed by atoms with Crippen LogP contribution in [0.5, 0.6) is 0 Å². The van der Waals surface area contributed by atoms with Gasteiger partial charge in [0, 0.05) is 41.9 Å². The van der Waals surface area contributed by atoms with Crippen LogP contribution in [0.1, 0.15) is 49.6 Å². The van der Waals surface area contributed by atoms with Crippen LogP contribution in [0.2, 0.25) is 0 Å². The minimum Gasteiger partial charge on any atom is -0.460 e. The summed E-state index contributed by atoms with van der Waals surface area (Å²) >= 11 is 0. The van der Waals surface area contributed by atoms with E-state index in [0.29, 0.717) is 44.2 Å². The van der Waals surface area contributed by atoms with Gasteiger partial charge in [-0.15, -0.1) is 0 Å². The minimum atomic E-state index is -3.60. The molecule has 7 rings (SSSR count). The summed E-state index contributed by atoms with van der Waals surface area (Å²) < 4.78 is 41.4. The number of benzene rings is 2. The highest BCUT2D eigenvalue weighted by Gasteiger charge is 2.44. The van der Waals surface area contributed by atoms with Crippen molar-refractivity contribution in [3.8, 4) is 17.0 Å². The number of ether oxygens (including phenoxy) is 1. The SMILES string of the molecule is Cc1nn(-c2ccccc2)c2c1C(c1ccc(-c3ccc(S(=O)(=O)N4CCOCC4)cc3)o1)C1=C(CC(C)(C)CC1=O)N2. The van der Waals surface area contributed by atoms with E-state index >= 15 is 0 Å². The molecular formula is C33H34N4O5S. The highest BCUT2D eigenvalue weighted by Crippen LogP contribution is 2.51. The maximum atomic E-state index is 13.7. The fourth-order valence-electron chi connectivity index (χ4n) is 6.50. The first-order valence-electron chi connectivity index (χ1n) is 14.6. The number of anilines is 1. The Morgan fingerprint density at radius 3 is 2.40 bits per heavy atom. The van der Waals surface area contributed by atoms with E-state index in [1.165, 1.54) is 4.31 Å². The molecule has 9 nitrogen and oxygen atoms in total. The summed E-state index contributed by atoms with van der Waals surface area (Å²) in [7, 11) is -3.60. The molecule has 43 heavy (non-hydrogen) atoms. The molecule has 1 atom stereocenters. The van der Waals surface area contributed by atoms with E-state index in [-0.39, 0.29) is 16.1 Å². The van der Waals surface area contributed by atoms with E-state index in [1.807, 2.05) is 54.1 Å². The number of sulfonamides is 1. The van der Waals surface area contributed by atoms with Crippen molar-refractivity contribution in [2.75, 3.05) is 31.6 Å². The first kappa shape index (κ1) is 27.8. The fraction of sp³-hybridized carbons (Fsp3) is 0.333. The van der Waals surface area contributed by atoms with E-state index in [9.17, 15) is 13.2 Å². The smallest absolute Gasteiger partial charge is 0.243 e. The van der Waals surface area contributed by atoms with Crippen LogP contribution in [0.4, 0.5) is 5.82 Å². The lowest BCUT2D eigenvalue weighted by molar-refractivity contribution is -0.118. The van der Waals surface area contributed by atoms with Gasteiger partial charge in [-0.2, -0.15) is 9.40 Å². The van der Waals surface area contributed by atoms with Crippen LogP contribution in [0.15, 0.2) is 87.3 Å². The molecular weight excluding hydrogens is 564 g/mol. The van der Waals surface area contributed by atoms with Gasteiger partial charge in [0.25, 0.3) is 0 Å². The Hall–Kier alpha value is -3.99. The number of rotatable bonds is 5. The second-order valence-electron chi connectivity index (χ2n) is 12.2. The van der Waals surface area contributed by atoms with Gasteiger partial charge in [-0.3, -0.25) is 4.79 Å². The van der Waals surface area contributed by atoms with E-state index in [1.54, 1.807) is 24.3 Å². The van der Waals surface area contributed by atoms with Crippen molar-refractivity contribution in [2.24, 2.45) is 5.41 Å². The van der Waals surface area contributed by atoms with Crippen LogP contribution < -0.4 is 5.32 Å². The lowest BCUT2D eigenvalue weighted by atomic mass is 9.70. The van der Waals surface area contributed by atoms with Crippen molar-refractivity contribution >= 4 is 21.6 Å². The summed E-state index contributed by atoms with van der Waals surface area (Å²) in [5, 5.41) is 8.51. The maximum Gasteiger partial charge on any atom is 0.243 e. The van der Waals surface area contributed by atoms with Crippen LogP contribution in [-0.4, -0.2) is 54.6 Å². The predicted molar refractivity (Wildman–Crippen MR) is 163 cm³/mol. The normalized spacial score (nSPS) is 20.4. The lowest BCUT2D eigenvalue weighted by Crippen LogP contribution is -2.40. The molecule has 1 aliphatic carbocycles.